The molecule has 3 rings (SSSR count). The fraction of sp³-hybridized carbons (Fsp3) is 0.417. The van der Waals surface area contributed by atoms with Gasteiger partial charge >= 0.3 is 6.03 Å². The molecule has 3 heterocycles. The average molecular weight is 293 g/mol. The molecule has 1 fully saturated rings. The highest BCUT2D eigenvalue weighted by Gasteiger charge is 2.24. The van der Waals surface area contributed by atoms with Crippen LogP contribution in [0, 0.1) is 0 Å². The van der Waals surface area contributed by atoms with Gasteiger partial charge in [-0.2, -0.15) is 0 Å². The van der Waals surface area contributed by atoms with Gasteiger partial charge in [-0.3, -0.25) is 5.32 Å². The number of urea groups is 1. The van der Waals surface area contributed by atoms with Crippen molar-refractivity contribution in [3.8, 4) is 5.75 Å². The van der Waals surface area contributed by atoms with Crippen LogP contribution in [0.4, 0.5) is 9.93 Å². The lowest BCUT2D eigenvalue weighted by molar-refractivity contribution is 0.222. The van der Waals surface area contributed by atoms with Crippen LogP contribution in [0.15, 0.2) is 12.3 Å². The van der Waals surface area contributed by atoms with Gasteiger partial charge in [0.15, 0.2) is 5.13 Å². The van der Waals surface area contributed by atoms with Crippen LogP contribution in [0.1, 0.15) is 6.42 Å². The summed E-state index contributed by atoms with van der Waals surface area (Å²) in [6.07, 6.45) is 2.49. The van der Waals surface area contributed by atoms with Gasteiger partial charge in [-0.05, 0) is 6.42 Å². The summed E-state index contributed by atoms with van der Waals surface area (Å²) in [5.41, 5.74) is 6.45. The molecule has 1 atom stereocenters. The molecule has 0 saturated carbocycles. The molecule has 1 saturated heterocycles. The number of rotatable bonds is 2. The second-order valence-corrected chi connectivity index (χ2v) is 5.59. The van der Waals surface area contributed by atoms with Crippen molar-refractivity contribution in [2.24, 2.45) is 5.73 Å². The molecule has 0 spiro atoms. The lowest BCUT2D eigenvalue weighted by Gasteiger charge is -2.15. The maximum absolute atomic E-state index is 12.1. The summed E-state index contributed by atoms with van der Waals surface area (Å²) in [4.78, 5) is 23.1. The molecule has 0 bridgehead atoms. The van der Waals surface area contributed by atoms with Crippen LogP contribution in [0.3, 0.4) is 0 Å². The number of thiazole rings is 1. The number of amides is 2. The van der Waals surface area contributed by atoms with Gasteiger partial charge in [-0.25, -0.2) is 14.8 Å². The number of ether oxygens (including phenoxy) is 1. The molecule has 3 N–H and O–H groups in total. The summed E-state index contributed by atoms with van der Waals surface area (Å²) in [5, 5.41) is 3.30. The Balaban J connectivity index is 1.79. The SMILES string of the molecule is COc1ccnc2sc(NC(=O)N3CCC(N)C3)nc12. The average Bonchev–Trinajstić information content (AvgIpc) is 3.03. The van der Waals surface area contributed by atoms with E-state index in [9.17, 15) is 4.79 Å². The minimum Gasteiger partial charge on any atom is -0.494 e. The first-order chi connectivity index (χ1) is 9.67. The van der Waals surface area contributed by atoms with Crippen molar-refractivity contribution in [1.29, 1.82) is 0 Å². The zero-order valence-corrected chi connectivity index (χ0v) is 11.8. The van der Waals surface area contributed by atoms with E-state index in [1.807, 2.05) is 0 Å². The summed E-state index contributed by atoms with van der Waals surface area (Å²) < 4.78 is 5.22. The van der Waals surface area contributed by atoms with Gasteiger partial charge in [-0.15, -0.1) is 0 Å². The van der Waals surface area contributed by atoms with Crippen molar-refractivity contribution in [2.75, 3.05) is 25.5 Å². The Morgan fingerprint density at radius 3 is 3.20 bits per heavy atom. The predicted octanol–water partition coefficient (Wildman–Crippen LogP) is 1.26. The molecular weight excluding hydrogens is 278 g/mol. The Kier molecular flexibility index (Phi) is 3.41. The Morgan fingerprint density at radius 1 is 1.65 bits per heavy atom. The largest absolute Gasteiger partial charge is 0.494 e. The summed E-state index contributed by atoms with van der Waals surface area (Å²) in [6, 6.07) is 1.64. The van der Waals surface area contributed by atoms with Crippen LogP contribution >= 0.6 is 11.3 Å². The predicted molar refractivity (Wildman–Crippen MR) is 77.2 cm³/mol. The number of nitrogens with two attached hydrogens (primary N) is 1. The number of carbonyl (C=O) groups excluding carboxylic acids is 1. The number of methoxy groups -OCH3 is 1. The lowest BCUT2D eigenvalue weighted by Crippen LogP contribution is -2.35. The van der Waals surface area contributed by atoms with Gasteiger partial charge in [0.05, 0.1) is 7.11 Å². The van der Waals surface area contributed by atoms with Crippen LogP contribution in [0.5, 0.6) is 5.75 Å². The van der Waals surface area contributed by atoms with Crippen LogP contribution in [0.2, 0.25) is 0 Å². The molecule has 2 aromatic rings. The van der Waals surface area contributed by atoms with Gasteiger partial charge in [0.25, 0.3) is 0 Å². The van der Waals surface area contributed by atoms with Crippen molar-refractivity contribution in [3.05, 3.63) is 12.3 Å². The number of hydrogen-bond donors (Lipinski definition) is 2. The number of carbonyl (C=O) groups is 1. The monoisotopic (exact) mass is 293 g/mol. The van der Waals surface area contributed by atoms with E-state index in [2.05, 4.69) is 15.3 Å². The van der Waals surface area contributed by atoms with Gasteiger partial charge in [0.2, 0.25) is 0 Å². The molecule has 0 aromatic carbocycles. The maximum Gasteiger partial charge on any atom is 0.323 e. The van der Waals surface area contributed by atoms with E-state index in [0.29, 0.717) is 29.5 Å². The number of hydrogen-bond acceptors (Lipinski definition) is 6. The topological polar surface area (TPSA) is 93.4 Å². The first kappa shape index (κ1) is 13.1. The summed E-state index contributed by atoms with van der Waals surface area (Å²) >= 11 is 1.32. The van der Waals surface area contributed by atoms with E-state index in [1.165, 1.54) is 11.3 Å². The molecule has 0 radical (unpaired) electrons. The second-order valence-electron chi connectivity index (χ2n) is 4.61. The van der Waals surface area contributed by atoms with Crippen molar-refractivity contribution >= 4 is 32.8 Å². The third kappa shape index (κ3) is 2.39. The Hall–Kier alpha value is -1.93. The van der Waals surface area contributed by atoms with Crippen molar-refractivity contribution in [2.45, 2.75) is 12.5 Å². The van der Waals surface area contributed by atoms with Crippen LogP contribution in [-0.4, -0.2) is 47.1 Å². The summed E-state index contributed by atoms with van der Waals surface area (Å²) in [6.45, 7) is 1.26. The molecule has 0 aliphatic carbocycles. The minimum absolute atomic E-state index is 0.0675. The highest BCUT2D eigenvalue weighted by Crippen LogP contribution is 2.30. The normalized spacial score (nSPS) is 18.5. The number of nitrogens with one attached hydrogen (secondary N) is 1. The fourth-order valence-corrected chi connectivity index (χ4v) is 2.99. The highest BCUT2D eigenvalue weighted by atomic mass is 32.1. The molecule has 1 aliphatic heterocycles. The molecule has 2 amide bonds. The van der Waals surface area contributed by atoms with E-state index >= 15 is 0 Å². The van der Waals surface area contributed by atoms with Gasteiger partial charge in [0, 0.05) is 31.4 Å². The van der Waals surface area contributed by atoms with Crippen molar-refractivity contribution in [3.63, 3.8) is 0 Å². The molecule has 7 nitrogen and oxygen atoms in total. The molecular formula is C12H15N5O2S. The minimum atomic E-state index is -0.170. The number of anilines is 1. The zero-order valence-electron chi connectivity index (χ0n) is 11.0. The highest BCUT2D eigenvalue weighted by molar-refractivity contribution is 7.22. The molecule has 106 valence electrons. The van der Waals surface area contributed by atoms with Crippen LogP contribution in [-0.2, 0) is 0 Å². The van der Waals surface area contributed by atoms with E-state index in [4.69, 9.17) is 10.5 Å². The summed E-state index contributed by atoms with van der Waals surface area (Å²) in [7, 11) is 1.58. The van der Waals surface area contributed by atoms with Crippen LogP contribution < -0.4 is 15.8 Å². The Morgan fingerprint density at radius 2 is 2.50 bits per heavy atom. The maximum atomic E-state index is 12.1. The third-order valence-electron chi connectivity index (χ3n) is 3.21. The fourth-order valence-electron chi connectivity index (χ4n) is 2.17. The smallest absolute Gasteiger partial charge is 0.323 e. The number of likely N-dealkylation sites (tertiary alicyclic amines) is 1. The number of nitrogens with zero attached hydrogens (tertiary/aromatic N) is 3. The molecule has 20 heavy (non-hydrogen) atoms. The van der Waals surface area contributed by atoms with E-state index < -0.39 is 0 Å². The van der Waals surface area contributed by atoms with Crippen molar-refractivity contribution < 1.29 is 9.53 Å². The van der Waals surface area contributed by atoms with Crippen molar-refractivity contribution in [1.82, 2.24) is 14.9 Å². The molecule has 1 aliphatic rings. The van der Waals surface area contributed by atoms with E-state index in [-0.39, 0.29) is 12.1 Å². The second kappa shape index (κ2) is 5.22. The molecule has 2 aromatic heterocycles. The first-order valence-electron chi connectivity index (χ1n) is 6.28. The quantitative estimate of drug-likeness (QED) is 0.869. The van der Waals surface area contributed by atoms with Crippen LogP contribution in [0.25, 0.3) is 10.3 Å². The van der Waals surface area contributed by atoms with E-state index in [0.717, 1.165) is 11.3 Å². The number of fused-ring (bicyclic) bond motifs is 1. The third-order valence-corrected chi connectivity index (χ3v) is 4.08. The number of aromatic nitrogens is 2. The Labute approximate surface area is 119 Å². The standard InChI is InChI=1S/C12H15N5O2S/c1-19-8-2-4-14-10-9(8)15-11(20-10)16-12(18)17-5-3-7(13)6-17/h2,4,7H,3,5-6,13H2,1H3,(H,15,16,18). The zero-order chi connectivity index (χ0) is 14.1. The molecule has 8 heteroatoms. The first-order valence-corrected chi connectivity index (χ1v) is 7.10. The number of pyridine rings is 1. The summed E-state index contributed by atoms with van der Waals surface area (Å²) in [5.74, 6) is 0.648. The van der Waals surface area contributed by atoms with Gasteiger partial charge in [0.1, 0.15) is 16.1 Å². The van der Waals surface area contributed by atoms with Gasteiger partial charge in [-0.1, -0.05) is 11.3 Å². The molecule has 1 unspecified atom stereocenters. The van der Waals surface area contributed by atoms with E-state index in [1.54, 1.807) is 24.3 Å². The lowest BCUT2D eigenvalue weighted by atomic mass is 10.3. The van der Waals surface area contributed by atoms with Gasteiger partial charge < -0.3 is 15.4 Å². The Bertz CT molecular complexity index is 644.